The van der Waals surface area contributed by atoms with Crippen molar-refractivity contribution < 1.29 is 4.74 Å². The summed E-state index contributed by atoms with van der Waals surface area (Å²) in [5, 5.41) is 8.99. The molecule has 0 saturated heterocycles. The zero-order valence-corrected chi connectivity index (χ0v) is 11.2. The van der Waals surface area contributed by atoms with Gasteiger partial charge in [-0.25, -0.2) is 4.98 Å². The van der Waals surface area contributed by atoms with Gasteiger partial charge in [0.25, 0.3) is 0 Å². The minimum Gasteiger partial charge on any atom is -0.438 e. The SMILES string of the molecule is Cc1cc(Oc2ncc(N)cc2C#N)ccc1Br. The summed E-state index contributed by atoms with van der Waals surface area (Å²) in [6.07, 6.45) is 1.46. The lowest BCUT2D eigenvalue weighted by atomic mass is 10.2. The summed E-state index contributed by atoms with van der Waals surface area (Å²) in [5.74, 6) is 0.887. The number of nitrogens with two attached hydrogens (primary N) is 1. The van der Waals surface area contributed by atoms with Crippen molar-refractivity contribution in [3.8, 4) is 17.7 Å². The summed E-state index contributed by atoms with van der Waals surface area (Å²) < 4.78 is 6.58. The molecule has 0 spiro atoms. The lowest BCUT2D eigenvalue weighted by Gasteiger charge is -2.08. The second kappa shape index (κ2) is 5.07. The molecule has 0 aliphatic heterocycles. The number of benzene rings is 1. The average molecular weight is 304 g/mol. The van der Waals surface area contributed by atoms with E-state index < -0.39 is 0 Å². The predicted octanol–water partition coefficient (Wildman–Crippen LogP) is 3.40. The fourth-order valence-corrected chi connectivity index (χ4v) is 1.67. The van der Waals surface area contributed by atoms with E-state index in [0.717, 1.165) is 10.0 Å². The summed E-state index contributed by atoms with van der Waals surface area (Å²) in [6.45, 7) is 1.96. The number of rotatable bonds is 2. The van der Waals surface area contributed by atoms with Crippen LogP contribution < -0.4 is 10.5 Å². The molecule has 0 fully saturated rings. The van der Waals surface area contributed by atoms with Gasteiger partial charge in [0.2, 0.25) is 5.88 Å². The van der Waals surface area contributed by atoms with Gasteiger partial charge >= 0.3 is 0 Å². The van der Waals surface area contributed by atoms with Crippen LogP contribution in [0.1, 0.15) is 11.1 Å². The highest BCUT2D eigenvalue weighted by molar-refractivity contribution is 9.10. The molecule has 18 heavy (non-hydrogen) atoms. The Bertz CT molecular complexity index is 635. The predicted molar refractivity (Wildman–Crippen MR) is 72.3 cm³/mol. The van der Waals surface area contributed by atoms with E-state index in [9.17, 15) is 0 Å². The molecule has 5 heteroatoms. The fourth-order valence-electron chi connectivity index (χ4n) is 1.42. The van der Waals surface area contributed by atoms with Crippen LogP contribution in [-0.2, 0) is 0 Å². The van der Waals surface area contributed by atoms with Crippen LogP contribution in [0.15, 0.2) is 34.9 Å². The maximum absolute atomic E-state index is 8.99. The van der Waals surface area contributed by atoms with Crippen molar-refractivity contribution in [1.29, 1.82) is 5.26 Å². The molecule has 0 saturated carbocycles. The van der Waals surface area contributed by atoms with Gasteiger partial charge in [0, 0.05) is 4.47 Å². The normalized spacial score (nSPS) is 9.83. The minimum atomic E-state index is 0.258. The van der Waals surface area contributed by atoms with E-state index in [1.165, 1.54) is 12.3 Å². The summed E-state index contributed by atoms with van der Waals surface area (Å²) in [5.41, 5.74) is 7.36. The lowest BCUT2D eigenvalue weighted by molar-refractivity contribution is 0.461. The van der Waals surface area contributed by atoms with Crippen molar-refractivity contribution in [1.82, 2.24) is 4.98 Å². The number of nitrogens with zero attached hydrogens (tertiary/aromatic N) is 2. The number of ether oxygens (including phenoxy) is 1. The Morgan fingerprint density at radius 1 is 1.39 bits per heavy atom. The Morgan fingerprint density at radius 2 is 2.17 bits per heavy atom. The average Bonchev–Trinajstić information content (AvgIpc) is 2.36. The third kappa shape index (κ3) is 2.60. The molecule has 0 amide bonds. The highest BCUT2D eigenvalue weighted by Gasteiger charge is 2.07. The monoisotopic (exact) mass is 303 g/mol. The number of aromatic nitrogens is 1. The summed E-state index contributed by atoms with van der Waals surface area (Å²) in [6, 6.07) is 9.09. The number of hydrogen-bond acceptors (Lipinski definition) is 4. The number of aryl methyl sites for hydroxylation is 1. The quantitative estimate of drug-likeness (QED) is 0.923. The Hall–Kier alpha value is -2.06. The molecule has 2 rings (SSSR count). The first-order valence-corrected chi connectivity index (χ1v) is 5.99. The maximum atomic E-state index is 8.99. The molecule has 0 radical (unpaired) electrons. The molecule has 0 aliphatic carbocycles. The van der Waals surface area contributed by atoms with Crippen LogP contribution in [0.3, 0.4) is 0 Å². The Kier molecular flexibility index (Phi) is 3.49. The zero-order valence-electron chi connectivity index (χ0n) is 9.64. The number of halogens is 1. The van der Waals surface area contributed by atoms with Crippen LogP contribution in [0.25, 0.3) is 0 Å². The standard InChI is InChI=1S/C13H10BrN3O/c1-8-4-11(2-3-12(8)14)18-13-9(6-15)5-10(16)7-17-13/h2-5,7H,16H2,1H3. The Balaban J connectivity index is 2.34. The first-order chi connectivity index (χ1) is 8.60. The molecule has 0 atom stereocenters. The van der Waals surface area contributed by atoms with Crippen molar-refractivity contribution >= 4 is 21.6 Å². The van der Waals surface area contributed by atoms with Gasteiger partial charge in [0.1, 0.15) is 17.4 Å². The fraction of sp³-hybridized carbons (Fsp3) is 0.0769. The first-order valence-electron chi connectivity index (χ1n) is 5.20. The number of pyridine rings is 1. The van der Waals surface area contributed by atoms with Crippen molar-refractivity contribution in [2.75, 3.05) is 5.73 Å². The van der Waals surface area contributed by atoms with Crippen molar-refractivity contribution in [2.24, 2.45) is 0 Å². The van der Waals surface area contributed by atoms with Crippen molar-refractivity contribution in [2.45, 2.75) is 6.92 Å². The second-order valence-corrected chi connectivity index (χ2v) is 4.60. The van der Waals surface area contributed by atoms with Crippen molar-refractivity contribution in [3.05, 3.63) is 46.1 Å². The summed E-state index contributed by atoms with van der Waals surface area (Å²) in [7, 11) is 0. The third-order valence-corrected chi connectivity index (χ3v) is 3.23. The maximum Gasteiger partial charge on any atom is 0.237 e. The van der Waals surface area contributed by atoms with Gasteiger partial charge in [0.05, 0.1) is 11.9 Å². The van der Waals surface area contributed by atoms with E-state index in [4.69, 9.17) is 15.7 Å². The number of anilines is 1. The van der Waals surface area contributed by atoms with Crippen LogP contribution in [0.2, 0.25) is 0 Å². The molecule has 2 aromatic rings. The molecule has 1 aromatic carbocycles. The highest BCUT2D eigenvalue weighted by atomic mass is 79.9. The number of nitrogen functional groups attached to an aromatic ring is 1. The van der Waals surface area contributed by atoms with E-state index in [-0.39, 0.29) is 5.88 Å². The zero-order chi connectivity index (χ0) is 13.1. The van der Waals surface area contributed by atoms with E-state index in [2.05, 4.69) is 20.9 Å². The molecular weight excluding hydrogens is 294 g/mol. The summed E-state index contributed by atoms with van der Waals surface area (Å²) in [4.78, 5) is 4.01. The van der Waals surface area contributed by atoms with Gasteiger partial charge in [-0.3, -0.25) is 0 Å². The first kappa shape index (κ1) is 12.4. The Labute approximate surface area is 113 Å². The van der Waals surface area contributed by atoms with Crippen molar-refractivity contribution in [3.63, 3.8) is 0 Å². The third-order valence-electron chi connectivity index (χ3n) is 2.34. The molecule has 4 nitrogen and oxygen atoms in total. The van der Waals surface area contributed by atoms with Gasteiger partial charge < -0.3 is 10.5 Å². The van der Waals surface area contributed by atoms with Crippen LogP contribution in [0.4, 0.5) is 5.69 Å². The van der Waals surface area contributed by atoms with Gasteiger partial charge in [0.15, 0.2) is 0 Å². The largest absolute Gasteiger partial charge is 0.438 e. The highest BCUT2D eigenvalue weighted by Crippen LogP contribution is 2.27. The molecule has 0 bridgehead atoms. The smallest absolute Gasteiger partial charge is 0.237 e. The van der Waals surface area contributed by atoms with Crippen LogP contribution in [-0.4, -0.2) is 4.98 Å². The van der Waals surface area contributed by atoms with E-state index in [1.807, 2.05) is 25.1 Å². The van der Waals surface area contributed by atoms with Crippen LogP contribution >= 0.6 is 15.9 Å². The minimum absolute atomic E-state index is 0.258. The number of nitriles is 1. The molecular formula is C13H10BrN3O. The van der Waals surface area contributed by atoms with E-state index in [1.54, 1.807) is 6.07 Å². The van der Waals surface area contributed by atoms with Crippen LogP contribution in [0, 0.1) is 18.3 Å². The molecule has 0 aliphatic rings. The molecule has 1 aromatic heterocycles. The lowest BCUT2D eigenvalue weighted by Crippen LogP contribution is -1.95. The second-order valence-electron chi connectivity index (χ2n) is 3.75. The van der Waals surface area contributed by atoms with Gasteiger partial charge in [-0.1, -0.05) is 15.9 Å². The number of hydrogen-bond donors (Lipinski definition) is 1. The van der Waals surface area contributed by atoms with E-state index >= 15 is 0 Å². The molecule has 0 unspecified atom stereocenters. The van der Waals surface area contributed by atoms with Gasteiger partial charge in [-0.15, -0.1) is 0 Å². The van der Waals surface area contributed by atoms with Crippen LogP contribution in [0.5, 0.6) is 11.6 Å². The van der Waals surface area contributed by atoms with Gasteiger partial charge in [-0.2, -0.15) is 5.26 Å². The van der Waals surface area contributed by atoms with Gasteiger partial charge in [-0.05, 0) is 36.8 Å². The summed E-state index contributed by atoms with van der Waals surface area (Å²) >= 11 is 3.41. The molecule has 90 valence electrons. The van der Waals surface area contributed by atoms with E-state index in [0.29, 0.717) is 17.0 Å². The topological polar surface area (TPSA) is 71.9 Å². The molecule has 1 heterocycles. The Morgan fingerprint density at radius 3 is 2.83 bits per heavy atom. The molecule has 2 N–H and O–H groups in total.